The fraction of sp³-hybridized carbons (Fsp3) is 0.893. The van der Waals surface area contributed by atoms with Gasteiger partial charge < -0.3 is 15.3 Å². The minimum Gasteiger partial charge on any atom is -0.481 e. The molecule has 0 heterocycles. The average Bonchev–Trinajstić information content (AvgIpc) is 2.78. The molecule has 0 fully saturated rings. The Morgan fingerprint density at radius 1 is 0.353 bits per heavy atom. The number of unbranched alkanes of at least 4 members (excludes halogenated alkanes) is 16. The van der Waals surface area contributed by atoms with Crippen molar-refractivity contribution >= 4 is 17.9 Å². The van der Waals surface area contributed by atoms with Crippen LogP contribution in [-0.2, 0) is 14.4 Å². The van der Waals surface area contributed by atoms with Gasteiger partial charge in [-0.15, -0.1) is 0 Å². The Labute approximate surface area is 209 Å². The summed E-state index contributed by atoms with van der Waals surface area (Å²) < 4.78 is 0. The Bertz CT molecular complexity index is 409. The summed E-state index contributed by atoms with van der Waals surface area (Å²) in [5.41, 5.74) is 0. The summed E-state index contributed by atoms with van der Waals surface area (Å²) in [5, 5.41) is 25.0. The van der Waals surface area contributed by atoms with E-state index in [9.17, 15) is 14.4 Å². The van der Waals surface area contributed by atoms with Crippen molar-refractivity contribution in [1.29, 1.82) is 0 Å². The highest BCUT2D eigenvalue weighted by Crippen LogP contribution is 2.09. The van der Waals surface area contributed by atoms with Crippen molar-refractivity contribution < 1.29 is 29.7 Å². The topological polar surface area (TPSA) is 112 Å². The number of aliphatic carboxylic acids is 3. The molecule has 0 spiro atoms. The Balaban J connectivity index is -0.000000426. The van der Waals surface area contributed by atoms with Crippen LogP contribution in [0.25, 0.3) is 0 Å². The van der Waals surface area contributed by atoms with E-state index in [1.54, 1.807) is 0 Å². The molecule has 3 N–H and O–H groups in total. The second-order valence-corrected chi connectivity index (χ2v) is 9.09. The molecule has 0 aromatic rings. The Hall–Kier alpha value is -1.59. The summed E-state index contributed by atoms with van der Waals surface area (Å²) >= 11 is 0. The molecule has 6 heteroatoms. The van der Waals surface area contributed by atoms with Crippen LogP contribution in [0.3, 0.4) is 0 Å². The Morgan fingerprint density at radius 2 is 0.529 bits per heavy atom. The van der Waals surface area contributed by atoms with E-state index < -0.39 is 17.9 Å². The molecule has 0 saturated carbocycles. The quantitative estimate of drug-likeness (QED) is 0.131. The molecule has 6 nitrogen and oxygen atoms in total. The first kappa shape index (κ1) is 37.0. The largest absolute Gasteiger partial charge is 0.481 e. The summed E-state index contributed by atoms with van der Waals surface area (Å²) in [6.45, 7) is 6.55. The van der Waals surface area contributed by atoms with Gasteiger partial charge in [0.15, 0.2) is 0 Å². The van der Waals surface area contributed by atoms with Crippen molar-refractivity contribution in [3.05, 3.63) is 0 Å². The van der Waals surface area contributed by atoms with E-state index in [1.807, 2.05) is 0 Å². The van der Waals surface area contributed by atoms with Crippen LogP contribution in [-0.4, -0.2) is 33.2 Å². The zero-order chi connectivity index (χ0) is 26.3. The van der Waals surface area contributed by atoms with E-state index in [1.165, 1.54) is 83.5 Å². The fourth-order valence-electron chi connectivity index (χ4n) is 3.35. The highest BCUT2D eigenvalue weighted by atomic mass is 16.4. The third-order valence-corrected chi connectivity index (χ3v) is 5.48. The van der Waals surface area contributed by atoms with Crippen molar-refractivity contribution in [2.45, 2.75) is 162 Å². The summed E-state index contributed by atoms with van der Waals surface area (Å²) in [6.07, 6.45) is 23.2. The van der Waals surface area contributed by atoms with Gasteiger partial charge in [-0.05, 0) is 19.3 Å². The smallest absolute Gasteiger partial charge is 0.303 e. The molecule has 0 unspecified atom stereocenters. The standard InChI is InChI=1S/2C10H20O2.C8H16O2/c2*1-2-3-4-5-6-7-8-9-10(11)12;1-2-3-4-5-6-7-8(9)10/h2*2-9H2,1H3,(H,11,12);2-7H2,1H3,(H,9,10). The molecule has 204 valence electrons. The normalized spacial score (nSPS) is 9.97. The third kappa shape index (κ3) is 48.0. The second-order valence-electron chi connectivity index (χ2n) is 9.09. The van der Waals surface area contributed by atoms with E-state index in [0.717, 1.165) is 38.5 Å². The number of carboxylic acid groups (broad SMARTS) is 3. The van der Waals surface area contributed by atoms with Crippen LogP contribution in [0, 0.1) is 0 Å². The van der Waals surface area contributed by atoms with E-state index in [2.05, 4.69) is 20.8 Å². The molecule has 0 aliphatic heterocycles. The summed E-state index contributed by atoms with van der Waals surface area (Å²) in [4.78, 5) is 30.3. The van der Waals surface area contributed by atoms with Crippen LogP contribution in [0.2, 0.25) is 0 Å². The minimum atomic E-state index is -0.670. The van der Waals surface area contributed by atoms with Crippen LogP contribution in [0.1, 0.15) is 162 Å². The molecule has 0 atom stereocenters. The van der Waals surface area contributed by atoms with Crippen molar-refractivity contribution in [3.63, 3.8) is 0 Å². The summed E-state index contributed by atoms with van der Waals surface area (Å²) in [7, 11) is 0. The number of hydrogen-bond donors (Lipinski definition) is 3. The molecular weight excluding hydrogens is 432 g/mol. The van der Waals surface area contributed by atoms with Crippen LogP contribution in [0.15, 0.2) is 0 Å². The van der Waals surface area contributed by atoms with Gasteiger partial charge >= 0.3 is 17.9 Å². The molecule has 0 aliphatic rings. The van der Waals surface area contributed by atoms with Gasteiger partial charge in [0.25, 0.3) is 0 Å². The Kier molecular flexibility index (Phi) is 36.5. The van der Waals surface area contributed by atoms with Crippen molar-refractivity contribution in [1.82, 2.24) is 0 Å². The van der Waals surface area contributed by atoms with E-state index in [0.29, 0.717) is 19.3 Å². The summed E-state index contributed by atoms with van der Waals surface area (Å²) in [6, 6.07) is 0. The molecule has 0 rings (SSSR count). The van der Waals surface area contributed by atoms with Crippen molar-refractivity contribution in [2.75, 3.05) is 0 Å². The molecule has 0 radical (unpaired) electrons. The lowest BCUT2D eigenvalue weighted by atomic mass is 10.1. The van der Waals surface area contributed by atoms with Gasteiger partial charge in [-0.3, -0.25) is 14.4 Å². The minimum absolute atomic E-state index is 0.337. The predicted molar refractivity (Wildman–Crippen MR) is 142 cm³/mol. The molecule has 0 aliphatic carbocycles. The molecule has 34 heavy (non-hydrogen) atoms. The average molecular weight is 489 g/mol. The molecule has 0 aromatic carbocycles. The lowest BCUT2D eigenvalue weighted by Gasteiger charge is -1.98. The predicted octanol–water partition coefficient (Wildman–Crippen LogP) is 8.85. The molecule has 0 aromatic heterocycles. The number of carboxylic acids is 3. The van der Waals surface area contributed by atoms with Gasteiger partial charge in [-0.25, -0.2) is 0 Å². The van der Waals surface area contributed by atoms with Gasteiger partial charge in [0.1, 0.15) is 0 Å². The second kappa shape index (κ2) is 33.6. The fourth-order valence-corrected chi connectivity index (χ4v) is 3.35. The van der Waals surface area contributed by atoms with Gasteiger partial charge in [-0.1, -0.05) is 124 Å². The number of rotatable bonds is 22. The molecular formula is C28H56O6. The highest BCUT2D eigenvalue weighted by Gasteiger charge is 1.97. The molecule has 0 amide bonds. The maximum Gasteiger partial charge on any atom is 0.303 e. The number of hydrogen-bond acceptors (Lipinski definition) is 3. The SMILES string of the molecule is CCCCCCCC(=O)O.CCCCCCCCCC(=O)O.CCCCCCCCCC(=O)O. The zero-order valence-corrected chi connectivity index (χ0v) is 22.6. The first-order valence-corrected chi connectivity index (χ1v) is 14.0. The lowest BCUT2D eigenvalue weighted by molar-refractivity contribution is -0.138. The highest BCUT2D eigenvalue weighted by molar-refractivity contribution is 5.67. The maximum absolute atomic E-state index is 10.1. The van der Waals surface area contributed by atoms with Crippen LogP contribution < -0.4 is 0 Å². The molecule has 0 bridgehead atoms. The van der Waals surface area contributed by atoms with Gasteiger partial charge in [0, 0.05) is 19.3 Å². The van der Waals surface area contributed by atoms with Gasteiger partial charge in [0.05, 0.1) is 0 Å². The van der Waals surface area contributed by atoms with Gasteiger partial charge in [0.2, 0.25) is 0 Å². The van der Waals surface area contributed by atoms with Crippen LogP contribution >= 0.6 is 0 Å². The van der Waals surface area contributed by atoms with Gasteiger partial charge in [-0.2, -0.15) is 0 Å². The van der Waals surface area contributed by atoms with Crippen molar-refractivity contribution in [2.24, 2.45) is 0 Å². The first-order chi connectivity index (χ1) is 16.3. The van der Waals surface area contributed by atoms with E-state index in [4.69, 9.17) is 15.3 Å². The van der Waals surface area contributed by atoms with Crippen LogP contribution in [0.4, 0.5) is 0 Å². The van der Waals surface area contributed by atoms with Crippen molar-refractivity contribution in [3.8, 4) is 0 Å². The van der Waals surface area contributed by atoms with Crippen LogP contribution in [0.5, 0.6) is 0 Å². The molecule has 0 saturated heterocycles. The van der Waals surface area contributed by atoms with E-state index in [-0.39, 0.29) is 0 Å². The Morgan fingerprint density at radius 3 is 0.706 bits per heavy atom. The summed E-state index contributed by atoms with van der Waals surface area (Å²) in [5.74, 6) is -2.00. The third-order valence-electron chi connectivity index (χ3n) is 5.48. The monoisotopic (exact) mass is 488 g/mol. The maximum atomic E-state index is 10.1. The lowest BCUT2D eigenvalue weighted by Crippen LogP contribution is -1.93. The number of carbonyl (C=O) groups is 3. The first-order valence-electron chi connectivity index (χ1n) is 14.0. The van der Waals surface area contributed by atoms with E-state index >= 15 is 0 Å². The zero-order valence-electron chi connectivity index (χ0n) is 22.6.